The van der Waals surface area contributed by atoms with Gasteiger partial charge in [0.2, 0.25) is 10.0 Å². The molecule has 1 aliphatic carbocycles. The second-order valence-electron chi connectivity index (χ2n) is 6.43. The molecule has 1 saturated carbocycles. The van der Waals surface area contributed by atoms with E-state index in [4.69, 9.17) is 5.73 Å². The van der Waals surface area contributed by atoms with Gasteiger partial charge in [0.25, 0.3) is 0 Å². The average Bonchev–Trinajstić information content (AvgIpc) is 2.35. The lowest BCUT2D eigenvalue weighted by molar-refractivity contribution is 0.188. The first-order valence-corrected chi connectivity index (χ1v) is 8.59. The van der Waals surface area contributed by atoms with E-state index in [0.717, 1.165) is 24.8 Å². The molecule has 1 aliphatic rings. The fourth-order valence-electron chi connectivity index (χ4n) is 2.78. The molecule has 112 valence electrons. The molecule has 0 amide bonds. The highest BCUT2D eigenvalue weighted by Crippen LogP contribution is 2.36. The number of hydrogen-bond acceptors (Lipinski definition) is 3. The van der Waals surface area contributed by atoms with E-state index in [2.05, 4.69) is 18.6 Å². The molecule has 5 heteroatoms. The highest BCUT2D eigenvalue weighted by atomic mass is 32.2. The van der Waals surface area contributed by atoms with Gasteiger partial charge >= 0.3 is 0 Å². The second-order valence-corrected chi connectivity index (χ2v) is 8.14. The minimum atomic E-state index is -3.48. The van der Waals surface area contributed by atoms with Gasteiger partial charge in [-0.3, -0.25) is 0 Å². The van der Waals surface area contributed by atoms with Crippen molar-refractivity contribution in [3.05, 3.63) is 23.8 Å². The fourth-order valence-corrected chi connectivity index (χ4v) is 4.31. The van der Waals surface area contributed by atoms with Gasteiger partial charge in [0, 0.05) is 11.7 Å². The Bertz CT molecular complexity index is 594. The Morgan fingerprint density at radius 1 is 1.30 bits per heavy atom. The first kappa shape index (κ1) is 15.3. The molecule has 1 aromatic rings. The smallest absolute Gasteiger partial charge is 0.240 e. The summed E-state index contributed by atoms with van der Waals surface area (Å²) in [6.45, 7) is 6.08. The number of sulfonamides is 1. The van der Waals surface area contributed by atoms with Gasteiger partial charge in [-0.05, 0) is 48.9 Å². The summed E-state index contributed by atoms with van der Waals surface area (Å²) >= 11 is 0. The molecule has 20 heavy (non-hydrogen) atoms. The molecule has 0 saturated heterocycles. The predicted octanol–water partition coefficient (Wildman–Crippen LogP) is 2.82. The van der Waals surface area contributed by atoms with Gasteiger partial charge in [0.1, 0.15) is 0 Å². The highest BCUT2D eigenvalue weighted by molar-refractivity contribution is 7.89. The van der Waals surface area contributed by atoms with Crippen molar-refractivity contribution in [2.45, 2.75) is 57.4 Å². The molecule has 1 unspecified atom stereocenters. The van der Waals surface area contributed by atoms with Crippen LogP contribution in [0.25, 0.3) is 0 Å². The van der Waals surface area contributed by atoms with Crippen molar-refractivity contribution < 1.29 is 8.42 Å². The van der Waals surface area contributed by atoms with E-state index in [9.17, 15) is 8.42 Å². The molecule has 0 bridgehead atoms. The minimum absolute atomic E-state index is 0.000825. The molecule has 1 aromatic carbocycles. The van der Waals surface area contributed by atoms with Gasteiger partial charge in [-0.2, -0.15) is 0 Å². The van der Waals surface area contributed by atoms with Crippen LogP contribution in [0, 0.1) is 12.3 Å². The maximum atomic E-state index is 12.5. The lowest BCUT2D eigenvalue weighted by Gasteiger charge is -2.38. The Labute approximate surface area is 121 Å². The van der Waals surface area contributed by atoms with Crippen LogP contribution in [0.4, 0.5) is 5.69 Å². The molecule has 0 radical (unpaired) electrons. The van der Waals surface area contributed by atoms with E-state index in [-0.39, 0.29) is 11.5 Å². The third-order valence-electron chi connectivity index (χ3n) is 4.36. The number of nitrogens with one attached hydrogen (secondary N) is 1. The van der Waals surface area contributed by atoms with E-state index < -0.39 is 10.0 Å². The summed E-state index contributed by atoms with van der Waals surface area (Å²) in [5.74, 6) is 0. The van der Waals surface area contributed by atoms with Gasteiger partial charge in [0.05, 0.1) is 4.90 Å². The molecular formula is C15H24N2O2S. The maximum absolute atomic E-state index is 12.5. The Morgan fingerprint density at radius 2 is 2.00 bits per heavy atom. The molecular weight excluding hydrogens is 272 g/mol. The summed E-state index contributed by atoms with van der Waals surface area (Å²) in [7, 11) is -3.48. The molecule has 0 heterocycles. The number of hydrogen-bond donors (Lipinski definition) is 2. The van der Waals surface area contributed by atoms with Gasteiger partial charge in [-0.15, -0.1) is 0 Å². The number of aryl methyl sites for hydroxylation is 1. The van der Waals surface area contributed by atoms with Crippen LogP contribution in [0.5, 0.6) is 0 Å². The van der Waals surface area contributed by atoms with E-state index in [1.54, 1.807) is 18.2 Å². The molecule has 1 fully saturated rings. The van der Waals surface area contributed by atoms with E-state index in [1.165, 1.54) is 6.42 Å². The predicted molar refractivity (Wildman–Crippen MR) is 81.9 cm³/mol. The Kier molecular flexibility index (Phi) is 4.12. The van der Waals surface area contributed by atoms with Crippen molar-refractivity contribution in [3.8, 4) is 0 Å². The zero-order valence-electron chi connectivity index (χ0n) is 12.4. The first-order chi connectivity index (χ1) is 9.22. The molecule has 3 N–H and O–H groups in total. The largest absolute Gasteiger partial charge is 0.399 e. The maximum Gasteiger partial charge on any atom is 0.240 e. The van der Waals surface area contributed by atoms with Crippen molar-refractivity contribution in [1.29, 1.82) is 0 Å². The van der Waals surface area contributed by atoms with Crippen molar-refractivity contribution in [2.24, 2.45) is 5.41 Å². The fraction of sp³-hybridized carbons (Fsp3) is 0.600. The Morgan fingerprint density at radius 3 is 2.60 bits per heavy atom. The minimum Gasteiger partial charge on any atom is -0.399 e. The lowest BCUT2D eigenvalue weighted by Crippen LogP contribution is -2.46. The monoisotopic (exact) mass is 296 g/mol. The lowest BCUT2D eigenvalue weighted by atomic mass is 9.74. The SMILES string of the molecule is Cc1cc(S(=O)(=O)NC2CCCCC2(C)C)ccc1N. The number of rotatable bonds is 3. The van der Waals surface area contributed by atoms with Gasteiger partial charge in [-0.25, -0.2) is 13.1 Å². The zero-order chi connectivity index (χ0) is 15.0. The molecule has 0 spiro atoms. The van der Waals surface area contributed by atoms with Crippen LogP contribution in [0.2, 0.25) is 0 Å². The Balaban J connectivity index is 2.24. The quantitative estimate of drug-likeness (QED) is 0.842. The molecule has 0 aromatic heterocycles. The number of nitrogens with two attached hydrogens (primary N) is 1. The van der Waals surface area contributed by atoms with Crippen molar-refractivity contribution in [1.82, 2.24) is 4.72 Å². The summed E-state index contributed by atoms with van der Waals surface area (Å²) < 4.78 is 27.9. The topological polar surface area (TPSA) is 72.2 Å². The highest BCUT2D eigenvalue weighted by Gasteiger charge is 2.35. The van der Waals surface area contributed by atoms with Gasteiger partial charge < -0.3 is 5.73 Å². The van der Waals surface area contributed by atoms with E-state index >= 15 is 0 Å². The van der Waals surface area contributed by atoms with Crippen molar-refractivity contribution >= 4 is 15.7 Å². The summed E-state index contributed by atoms with van der Waals surface area (Å²) in [5, 5.41) is 0. The zero-order valence-corrected chi connectivity index (χ0v) is 13.3. The van der Waals surface area contributed by atoms with Crippen molar-refractivity contribution in [2.75, 3.05) is 5.73 Å². The molecule has 4 nitrogen and oxygen atoms in total. The standard InChI is InChI=1S/C15H24N2O2S/c1-11-10-12(7-8-13(11)16)20(18,19)17-14-6-4-5-9-15(14,2)3/h7-8,10,14,17H,4-6,9,16H2,1-3H3. The number of anilines is 1. The van der Waals surface area contributed by atoms with Gasteiger partial charge in [-0.1, -0.05) is 26.7 Å². The van der Waals surface area contributed by atoms with Crippen LogP contribution in [-0.4, -0.2) is 14.5 Å². The van der Waals surface area contributed by atoms with Crippen molar-refractivity contribution in [3.63, 3.8) is 0 Å². The van der Waals surface area contributed by atoms with Crippen LogP contribution in [-0.2, 0) is 10.0 Å². The third kappa shape index (κ3) is 3.15. The second kappa shape index (κ2) is 5.37. The molecule has 1 atom stereocenters. The summed E-state index contributed by atoms with van der Waals surface area (Å²) in [4.78, 5) is 0.297. The van der Waals surface area contributed by atoms with Crippen LogP contribution in [0.15, 0.2) is 23.1 Å². The van der Waals surface area contributed by atoms with Crippen LogP contribution in [0.1, 0.15) is 45.1 Å². The molecule has 2 rings (SSSR count). The summed E-state index contributed by atoms with van der Waals surface area (Å²) in [5.41, 5.74) is 7.15. The van der Waals surface area contributed by atoms with Crippen LogP contribution in [0.3, 0.4) is 0 Å². The van der Waals surface area contributed by atoms with E-state index in [0.29, 0.717) is 10.6 Å². The van der Waals surface area contributed by atoms with E-state index in [1.807, 2.05) is 6.92 Å². The van der Waals surface area contributed by atoms with Crippen LogP contribution >= 0.6 is 0 Å². The van der Waals surface area contributed by atoms with Gasteiger partial charge in [0.15, 0.2) is 0 Å². The Hall–Kier alpha value is -1.07. The van der Waals surface area contributed by atoms with Crippen LogP contribution < -0.4 is 10.5 Å². The molecule has 0 aliphatic heterocycles. The number of benzene rings is 1. The normalized spacial score (nSPS) is 22.6. The number of nitrogen functional groups attached to an aromatic ring is 1. The summed E-state index contributed by atoms with van der Waals surface area (Å²) in [6, 6.07) is 4.85. The summed E-state index contributed by atoms with van der Waals surface area (Å²) in [6.07, 6.45) is 4.21. The first-order valence-electron chi connectivity index (χ1n) is 7.11. The third-order valence-corrected chi connectivity index (χ3v) is 5.83. The average molecular weight is 296 g/mol.